The Morgan fingerprint density at radius 2 is 1.95 bits per heavy atom. The lowest BCUT2D eigenvalue weighted by atomic mass is 10.3. The quantitative estimate of drug-likeness (QED) is 0.606. The molecule has 1 aromatic carbocycles. The Labute approximate surface area is 116 Å². The van der Waals surface area contributed by atoms with Crippen LogP contribution in [0.15, 0.2) is 18.2 Å². The molecule has 0 amide bonds. The molecule has 20 heavy (non-hydrogen) atoms. The second-order valence-corrected chi connectivity index (χ2v) is 5.16. The van der Waals surface area contributed by atoms with E-state index in [-0.39, 0.29) is 12.0 Å². The van der Waals surface area contributed by atoms with Crippen molar-refractivity contribution in [1.29, 1.82) is 0 Å². The number of hydrogen-bond acceptors (Lipinski definition) is 6. The van der Waals surface area contributed by atoms with Crippen LogP contribution in [0.5, 0.6) is 11.5 Å². The van der Waals surface area contributed by atoms with Gasteiger partial charge >= 0.3 is 0 Å². The van der Waals surface area contributed by atoms with Crippen LogP contribution in [0.3, 0.4) is 0 Å². The van der Waals surface area contributed by atoms with Gasteiger partial charge in [-0.3, -0.25) is 15.0 Å². The van der Waals surface area contributed by atoms with Gasteiger partial charge < -0.3 is 14.4 Å². The molecule has 0 radical (unpaired) electrons. The Morgan fingerprint density at radius 1 is 1.25 bits per heavy atom. The second-order valence-electron chi connectivity index (χ2n) is 5.16. The van der Waals surface area contributed by atoms with Crippen molar-refractivity contribution < 1.29 is 14.4 Å². The van der Waals surface area contributed by atoms with Gasteiger partial charge in [-0.05, 0) is 13.1 Å². The molecule has 0 aromatic heterocycles. The molecule has 1 unspecified atom stereocenters. The van der Waals surface area contributed by atoms with E-state index in [4.69, 9.17) is 9.47 Å². The minimum absolute atomic E-state index is 0.0209. The summed E-state index contributed by atoms with van der Waals surface area (Å²) >= 11 is 0. The smallest absolute Gasteiger partial charge is 0.273 e. The summed E-state index contributed by atoms with van der Waals surface area (Å²) in [5, 5.41) is 10.7. The highest BCUT2D eigenvalue weighted by Gasteiger charge is 2.28. The van der Waals surface area contributed by atoms with Crippen molar-refractivity contribution in [2.24, 2.45) is 0 Å². The Bertz CT molecular complexity index is 514. The lowest BCUT2D eigenvalue weighted by Gasteiger charge is -2.33. The molecule has 2 aliphatic rings. The van der Waals surface area contributed by atoms with Crippen LogP contribution in [0.2, 0.25) is 0 Å². The van der Waals surface area contributed by atoms with E-state index in [1.165, 1.54) is 12.1 Å². The number of rotatable bonds is 3. The van der Waals surface area contributed by atoms with Crippen LogP contribution in [-0.2, 0) is 0 Å². The molecule has 2 heterocycles. The normalized spacial score (nSPS) is 22.9. The van der Waals surface area contributed by atoms with Crippen LogP contribution >= 0.6 is 0 Å². The monoisotopic (exact) mass is 279 g/mol. The third kappa shape index (κ3) is 2.68. The van der Waals surface area contributed by atoms with Crippen molar-refractivity contribution in [3.8, 4) is 11.5 Å². The number of nitro benzene ring substituents is 1. The molecule has 0 spiro atoms. The molecule has 1 atom stereocenters. The fourth-order valence-electron chi connectivity index (χ4n) is 2.42. The van der Waals surface area contributed by atoms with Gasteiger partial charge in [-0.25, -0.2) is 0 Å². The van der Waals surface area contributed by atoms with Crippen LogP contribution in [0.25, 0.3) is 0 Å². The average molecular weight is 279 g/mol. The first-order valence-electron chi connectivity index (χ1n) is 6.64. The zero-order valence-electron chi connectivity index (χ0n) is 11.3. The first kappa shape index (κ1) is 13.1. The zero-order chi connectivity index (χ0) is 14.1. The van der Waals surface area contributed by atoms with Gasteiger partial charge in [0.05, 0.1) is 17.5 Å². The number of ether oxygens (including phenoxy) is 2. The highest BCUT2D eigenvalue weighted by atomic mass is 16.7. The number of nitrogens with zero attached hydrogens (tertiary/aromatic N) is 3. The van der Waals surface area contributed by atoms with Gasteiger partial charge in [-0.15, -0.1) is 0 Å². The van der Waals surface area contributed by atoms with Gasteiger partial charge in [0.2, 0.25) is 0 Å². The molecule has 0 saturated carbocycles. The minimum Gasteiger partial charge on any atom is -0.450 e. The molecule has 2 aliphatic heterocycles. The predicted molar refractivity (Wildman–Crippen MR) is 72.1 cm³/mol. The number of piperazine rings is 1. The van der Waals surface area contributed by atoms with Crippen LogP contribution in [0.4, 0.5) is 5.69 Å². The molecule has 0 aliphatic carbocycles. The first-order valence-corrected chi connectivity index (χ1v) is 6.64. The maximum atomic E-state index is 10.7. The molecule has 7 heteroatoms. The van der Waals surface area contributed by atoms with E-state index in [2.05, 4.69) is 16.8 Å². The lowest BCUT2D eigenvalue weighted by molar-refractivity contribution is -0.384. The maximum absolute atomic E-state index is 10.7. The molecular formula is C13H17N3O4. The van der Waals surface area contributed by atoms with Gasteiger partial charge in [-0.2, -0.15) is 0 Å². The SMILES string of the molecule is CN1CCN(CC2Oc3ccc([N+](=O)[O-])cc3O2)CC1. The molecule has 7 nitrogen and oxygen atoms in total. The molecule has 1 fully saturated rings. The summed E-state index contributed by atoms with van der Waals surface area (Å²) in [6, 6.07) is 4.44. The largest absolute Gasteiger partial charge is 0.450 e. The standard InChI is InChI=1S/C13H17N3O4/c1-14-4-6-15(7-5-14)9-13-19-11-3-2-10(16(17)18)8-12(11)20-13/h2-3,8,13H,4-7,9H2,1H3. The fourth-order valence-corrected chi connectivity index (χ4v) is 2.42. The number of hydrogen-bond donors (Lipinski definition) is 0. The number of fused-ring (bicyclic) bond motifs is 1. The second kappa shape index (κ2) is 5.26. The molecule has 108 valence electrons. The molecule has 3 rings (SSSR count). The van der Waals surface area contributed by atoms with Crippen molar-refractivity contribution >= 4 is 5.69 Å². The van der Waals surface area contributed by atoms with Crippen molar-refractivity contribution in [2.45, 2.75) is 6.29 Å². The number of benzene rings is 1. The van der Waals surface area contributed by atoms with Gasteiger partial charge in [0.25, 0.3) is 12.0 Å². The summed E-state index contributed by atoms with van der Waals surface area (Å²) in [5.41, 5.74) is 0.0209. The Morgan fingerprint density at radius 3 is 2.65 bits per heavy atom. The zero-order valence-corrected chi connectivity index (χ0v) is 11.3. The Balaban J connectivity index is 1.61. The lowest BCUT2D eigenvalue weighted by Crippen LogP contribution is -2.48. The van der Waals surface area contributed by atoms with Crippen molar-refractivity contribution in [3.63, 3.8) is 0 Å². The van der Waals surface area contributed by atoms with Crippen LogP contribution < -0.4 is 9.47 Å². The summed E-state index contributed by atoms with van der Waals surface area (Å²) in [5.74, 6) is 1.04. The summed E-state index contributed by atoms with van der Waals surface area (Å²) in [6.07, 6.45) is -0.379. The highest BCUT2D eigenvalue weighted by Crippen LogP contribution is 2.37. The summed E-state index contributed by atoms with van der Waals surface area (Å²) in [6.45, 7) is 4.71. The van der Waals surface area contributed by atoms with Gasteiger partial charge in [0.15, 0.2) is 11.5 Å². The summed E-state index contributed by atoms with van der Waals surface area (Å²) in [7, 11) is 2.11. The topological polar surface area (TPSA) is 68.1 Å². The first-order chi connectivity index (χ1) is 9.61. The maximum Gasteiger partial charge on any atom is 0.273 e. The fraction of sp³-hybridized carbons (Fsp3) is 0.538. The minimum atomic E-state index is -0.433. The molecule has 1 aromatic rings. The average Bonchev–Trinajstić information content (AvgIpc) is 2.82. The van der Waals surface area contributed by atoms with E-state index in [1.807, 2.05) is 0 Å². The molecular weight excluding hydrogens is 262 g/mol. The van der Waals surface area contributed by atoms with Gasteiger partial charge in [-0.1, -0.05) is 0 Å². The van der Waals surface area contributed by atoms with E-state index in [9.17, 15) is 10.1 Å². The van der Waals surface area contributed by atoms with Crippen LogP contribution in [0, 0.1) is 10.1 Å². The van der Waals surface area contributed by atoms with E-state index in [0.717, 1.165) is 26.2 Å². The number of likely N-dealkylation sites (N-methyl/N-ethyl adjacent to an activating group) is 1. The van der Waals surface area contributed by atoms with E-state index >= 15 is 0 Å². The van der Waals surface area contributed by atoms with E-state index in [1.54, 1.807) is 6.07 Å². The van der Waals surface area contributed by atoms with Crippen LogP contribution in [0.1, 0.15) is 0 Å². The van der Waals surface area contributed by atoms with Gasteiger partial charge in [0.1, 0.15) is 0 Å². The van der Waals surface area contributed by atoms with Crippen molar-refractivity contribution in [3.05, 3.63) is 28.3 Å². The summed E-state index contributed by atoms with van der Waals surface area (Å²) < 4.78 is 11.3. The highest BCUT2D eigenvalue weighted by molar-refractivity contribution is 5.50. The number of nitro groups is 1. The molecule has 0 bridgehead atoms. The Kier molecular flexibility index (Phi) is 3.45. The van der Waals surface area contributed by atoms with Crippen molar-refractivity contribution in [2.75, 3.05) is 39.8 Å². The van der Waals surface area contributed by atoms with E-state index in [0.29, 0.717) is 18.0 Å². The summed E-state index contributed by atoms with van der Waals surface area (Å²) in [4.78, 5) is 14.9. The van der Waals surface area contributed by atoms with Crippen LogP contribution in [-0.4, -0.2) is 60.8 Å². The van der Waals surface area contributed by atoms with Crippen molar-refractivity contribution in [1.82, 2.24) is 9.80 Å². The molecule has 1 saturated heterocycles. The number of non-ortho nitro benzene ring substituents is 1. The third-order valence-corrected chi connectivity index (χ3v) is 3.66. The molecule has 0 N–H and O–H groups in total. The van der Waals surface area contributed by atoms with Gasteiger partial charge in [0, 0.05) is 32.2 Å². The third-order valence-electron chi connectivity index (χ3n) is 3.66. The van der Waals surface area contributed by atoms with E-state index < -0.39 is 4.92 Å². The predicted octanol–water partition coefficient (Wildman–Crippen LogP) is 0.939. The Hall–Kier alpha value is -1.86.